The van der Waals surface area contributed by atoms with Gasteiger partial charge in [-0.3, -0.25) is 9.36 Å². The Balaban J connectivity index is 1.47. The van der Waals surface area contributed by atoms with Gasteiger partial charge in [-0.15, -0.1) is 10.2 Å². The number of carbonyl (C=O) groups is 1. The number of ether oxygens (including phenoxy) is 1. The molecule has 0 bridgehead atoms. The smallest absolute Gasteiger partial charge is 0.316 e. The van der Waals surface area contributed by atoms with E-state index in [-0.39, 0.29) is 23.9 Å². The first kappa shape index (κ1) is 17.8. The summed E-state index contributed by atoms with van der Waals surface area (Å²) in [6, 6.07) is 18.0. The molecule has 0 radical (unpaired) electrons. The van der Waals surface area contributed by atoms with Crippen molar-refractivity contribution in [1.82, 2.24) is 14.8 Å². The van der Waals surface area contributed by atoms with Gasteiger partial charge in [0, 0.05) is 11.1 Å². The highest BCUT2D eigenvalue weighted by Crippen LogP contribution is 2.39. The summed E-state index contributed by atoms with van der Waals surface area (Å²) in [7, 11) is 0. The molecule has 0 saturated heterocycles. The van der Waals surface area contributed by atoms with Crippen LogP contribution in [0.3, 0.4) is 0 Å². The van der Waals surface area contributed by atoms with E-state index in [9.17, 15) is 4.79 Å². The summed E-state index contributed by atoms with van der Waals surface area (Å²) < 4.78 is 7.50. The van der Waals surface area contributed by atoms with E-state index in [0.717, 1.165) is 28.5 Å². The van der Waals surface area contributed by atoms with Crippen molar-refractivity contribution < 1.29 is 9.53 Å². The minimum Gasteiger partial charge on any atom is -0.460 e. The van der Waals surface area contributed by atoms with Crippen molar-refractivity contribution >= 4 is 17.7 Å². The molecule has 0 saturated carbocycles. The molecular formula is C21H21N3O2S. The number of thioether (sulfide) groups is 1. The lowest BCUT2D eigenvalue weighted by Gasteiger charge is -2.34. The maximum absolute atomic E-state index is 12.1. The Hall–Kier alpha value is -2.60. The van der Waals surface area contributed by atoms with Crippen LogP contribution in [0.5, 0.6) is 0 Å². The van der Waals surface area contributed by atoms with E-state index in [2.05, 4.69) is 46.8 Å². The zero-order valence-electron chi connectivity index (χ0n) is 15.4. The molecule has 27 heavy (non-hydrogen) atoms. The van der Waals surface area contributed by atoms with E-state index >= 15 is 0 Å². The van der Waals surface area contributed by atoms with Crippen LogP contribution >= 0.6 is 11.8 Å². The molecule has 0 unspecified atom stereocenters. The van der Waals surface area contributed by atoms with Crippen LogP contribution in [0, 0.1) is 0 Å². The van der Waals surface area contributed by atoms with E-state index < -0.39 is 0 Å². The highest BCUT2D eigenvalue weighted by atomic mass is 32.2. The van der Waals surface area contributed by atoms with E-state index in [1.165, 1.54) is 17.3 Å². The second-order valence-electron chi connectivity index (χ2n) is 7.22. The van der Waals surface area contributed by atoms with Crippen LogP contribution in [0.4, 0.5) is 0 Å². The molecule has 1 aromatic heterocycles. The SMILES string of the molecule is CC1(C)Cc2ccccc2-c2nnc(SCC(=O)OCc3ccccc3)n21. The number of benzene rings is 2. The minimum atomic E-state index is -0.254. The molecule has 1 aliphatic rings. The number of nitrogens with zero attached hydrogens (tertiary/aromatic N) is 3. The lowest BCUT2D eigenvalue weighted by atomic mass is 9.87. The van der Waals surface area contributed by atoms with Crippen LogP contribution in [0.15, 0.2) is 59.8 Å². The fourth-order valence-electron chi connectivity index (χ4n) is 3.42. The third-order valence-corrected chi connectivity index (χ3v) is 5.58. The number of fused-ring (bicyclic) bond motifs is 3. The van der Waals surface area contributed by atoms with Gasteiger partial charge in [-0.05, 0) is 31.4 Å². The Bertz CT molecular complexity index is 967. The monoisotopic (exact) mass is 379 g/mol. The topological polar surface area (TPSA) is 57.0 Å². The second-order valence-corrected chi connectivity index (χ2v) is 8.17. The van der Waals surface area contributed by atoms with Gasteiger partial charge in [0.05, 0.1) is 5.75 Å². The summed E-state index contributed by atoms with van der Waals surface area (Å²) in [4.78, 5) is 12.1. The number of hydrogen-bond acceptors (Lipinski definition) is 5. The molecule has 2 aromatic carbocycles. The Morgan fingerprint density at radius 2 is 1.85 bits per heavy atom. The summed E-state index contributed by atoms with van der Waals surface area (Å²) in [5, 5.41) is 9.51. The highest BCUT2D eigenvalue weighted by molar-refractivity contribution is 7.99. The van der Waals surface area contributed by atoms with E-state index in [1.807, 2.05) is 36.4 Å². The van der Waals surface area contributed by atoms with Crippen molar-refractivity contribution in [3.05, 3.63) is 65.7 Å². The number of carbonyl (C=O) groups excluding carboxylic acids is 1. The maximum atomic E-state index is 12.1. The van der Waals surface area contributed by atoms with Gasteiger partial charge in [0.1, 0.15) is 6.61 Å². The first-order chi connectivity index (χ1) is 13.0. The molecular weight excluding hydrogens is 358 g/mol. The maximum Gasteiger partial charge on any atom is 0.316 e. The van der Waals surface area contributed by atoms with Gasteiger partial charge in [-0.25, -0.2) is 0 Å². The summed E-state index contributed by atoms with van der Waals surface area (Å²) in [6.07, 6.45) is 0.903. The zero-order chi connectivity index (χ0) is 18.9. The lowest BCUT2D eigenvalue weighted by Crippen LogP contribution is -2.33. The quantitative estimate of drug-likeness (QED) is 0.494. The average molecular weight is 379 g/mol. The fourth-order valence-corrected chi connectivity index (χ4v) is 4.32. The second kappa shape index (κ2) is 7.19. The predicted octanol–water partition coefficient (Wildman–Crippen LogP) is 4.07. The molecule has 2 heterocycles. The normalized spacial score (nSPS) is 14.3. The molecule has 3 aromatic rings. The highest BCUT2D eigenvalue weighted by Gasteiger charge is 2.34. The molecule has 138 valence electrons. The fraction of sp³-hybridized carbons (Fsp3) is 0.286. The van der Waals surface area contributed by atoms with Crippen LogP contribution in [-0.4, -0.2) is 26.5 Å². The molecule has 0 N–H and O–H groups in total. The van der Waals surface area contributed by atoms with E-state index in [0.29, 0.717) is 0 Å². The van der Waals surface area contributed by atoms with Crippen molar-refractivity contribution in [2.24, 2.45) is 0 Å². The van der Waals surface area contributed by atoms with Crippen LogP contribution in [0.2, 0.25) is 0 Å². The molecule has 0 atom stereocenters. The van der Waals surface area contributed by atoms with Gasteiger partial charge in [0.25, 0.3) is 0 Å². The van der Waals surface area contributed by atoms with Crippen molar-refractivity contribution in [2.45, 2.75) is 37.6 Å². The van der Waals surface area contributed by atoms with Crippen molar-refractivity contribution in [1.29, 1.82) is 0 Å². The first-order valence-electron chi connectivity index (χ1n) is 8.91. The summed E-state index contributed by atoms with van der Waals surface area (Å²) in [5.41, 5.74) is 3.22. The molecule has 0 spiro atoms. The molecule has 4 rings (SSSR count). The Morgan fingerprint density at radius 1 is 1.11 bits per heavy atom. The third kappa shape index (κ3) is 3.62. The van der Waals surface area contributed by atoms with Crippen molar-refractivity contribution in [3.63, 3.8) is 0 Å². The largest absolute Gasteiger partial charge is 0.460 e. The summed E-state index contributed by atoms with van der Waals surface area (Å²) in [5.74, 6) is 0.820. The van der Waals surface area contributed by atoms with Crippen molar-refractivity contribution in [3.8, 4) is 11.4 Å². The van der Waals surface area contributed by atoms with Gasteiger partial charge in [0.15, 0.2) is 11.0 Å². The molecule has 1 aliphatic heterocycles. The first-order valence-corrected chi connectivity index (χ1v) is 9.90. The van der Waals surface area contributed by atoms with Gasteiger partial charge < -0.3 is 4.74 Å². The number of esters is 1. The van der Waals surface area contributed by atoms with Crippen LogP contribution < -0.4 is 0 Å². The number of aromatic nitrogens is 3. The molecule has 0 fully saturated rings. The molecule has 0 aliphatic carbocycles. The Morgan fingerprint density at radius 3 is 2.67 bits per heavy atom. The van der Waals surface area contributed by atoms with E-state index in [4.69, 9.17) is 4.74 Å². The third-order valence-electron chi connectivity index (χ3n) is 4.68. The van der Waals surface area contributed by atoms with Crippen LogP contribution in [-0.2, 0) is 28.1 Å². The van der Waals surface area contributed by atoms with Crippen molar-refractivity contribution in [2.75, 3.05) is 5.75 Å². The predicted molar refractivity (Wildman–Crippen MR) is 105 cm³/mol. The summed E-state index contributed by atoms with van der Waals surface area (Å²) >= 11 is 1.38. The van der Waals surface area contributed by atoms with Gasteiger partial charge in [-0.1, -0.05) is 66.4 Å². The molecule has 6 heteroatoms. The van der Waals surface area contributed by atoms with Crippen LogP contribution in [0.1, 0.15) is 25.0 Å². The number of hydrogen-bond donors (Lipinski definition) is 0. The number of rotatable bonds is 5. The van der Waals surface area contributed by atoms with E-state index in [1.54, 1.807) is 0 Å². The van der Waals surface area contributed by atoms with Gasteiger partial charge in [-0.2, -0.15) is 0 Å². The standard InChI is InChI=1S/C21H21N3O2S/c1-21(2)12-16-10-6-7-11-17(16)19-22-23-20(24(19)21)27-14-18(25)26-13-15-8-4-3-5-9-15/h3-11H,12-14H2,1-2H3. The lowest BCUT2D eigenvalue weighted by molar-refractivity contribution is -0.141. The average Bonchev–Trinajstić information content (AvgIpc) is 3.11. The minimum absolute atomic E-state index is 0.149. The zero-order valence-corrected chi connectivity index (χ0v) is 16.2. The molecule has 0 amide bonds. The molecule has 5 nitrogen and oxygen atoms in total. The Labute approximate surface area is 162 Å². The van der Waals surface area contributed by atoms with Gasteiger partial charge >= 0.3 is 5.97 Å². The Kier molecular flexibility index (Phi) is 4.74. The van der Waals surface area contributed by atoms with Crippen LogP contribution in [0.25, 0.3) is 11.4 Å². The van der Waals surface area contributed by atoms with Gasteiger partial charge in [0.2, 0.25) is 0 Å². The summed E-state index contributed by atoms with van der Waals surface area (Å²) in [6.45, 7) is 4.64.